The Morgan fingerprint density at radius 3 is 2.86 bits per heavy atom. The molecule has 2 N–H and O–H groups in total. The number of para-hydroxylation sites is 2. The molecule has 0 fully saturated rings. The first-order valence-corrected chi connectivity index (χ1v) is 7.10. The number of urea groups is 1. The van der Waals surface area contributed by atoms with Gasteiger partial charge in [-0.15, -0.1) is 0 Å². The van der Waals surface area contributed by atoms with Gasteiger partial charge in [0.1, 0.15) is 6.61 Å². The van der Waals surface area contributed by atoms with Gasteiger partial charge in [-0.05, 0) is 23.8 Å². The summed E-state index contributed by atoms with van der Waals surface area (Å²) in [5.74, 6) is 1.44. The van der Waals surface area contributed by atoms with Crippen molar-refractivity contribution in [3.8, 4) is 11.5 Å². The summed E-state index contributed by atoms with van der Waals surface area (Å²) >= 11 is 0. The number of amides is 2. The molecule has 0 aliphatic carbocycles. The van der Waals surface area contributed by atoms with Crippen LogP contribution in [0.4, 0.5) is 4.79 Å². The first-order valence-electron chi connectivity index (χ1n) is 7.10. The lowest BCUT2D eigenvalue weighted by Crippen LogP contribution is -2.44. The van der Waals surface area contributed by atoms with Crippen molar-refractivity contribution >= 4 is 6.03 Å². The molecular weight excluding hydrogens is 282 g/mol. The van der Waals surface area contributed by atoms with Crippen molar-refractivity contribution in [3.63, 3.8) is 0 Å². The van der Waals surface area contributed by atoms with Gasteiger partial charge in [0, 0.05) is 18.9 Å². The fourth-order valence-electron chi connectivity index (χ4n) is 2.12. The van der Waals surface area contributed by atoms with Gasteiger partial charge in [0.05, 0.1) is 6.54 Å². The first kappa shape index (κ1) is 14.2. The molecule has 0 spiro atoms. The molecule has 1 aromatic carbocycles. The smallest absolute Gasteiger partial charge is 0.315 e. The maximum Gasteiger partial charge on any atom is 0.315 e. The topological polar surface area (TPSA) is 72.5 Å². The van der Waals surface area contributed by atoms with Crippen molar-refractivity contribution in [1.82, 2.24) is 15.6 Å². The minimum absolute atomic E-state index is 0.195. The molecule has 22 heavy (non-hydrogen) atoms. The maximum absolute atomic E-state index is 11.8. The van der Waals surface area contributed by atoms with Crippen molar-refractivity contribution in [1.29, 1.82) is 0 Å². The van der Waals surface area contributed by atoms with Crippen LogP contribution in [0.2, 0.25) is 0 Å². The number of hydrogen-bond acceptors (Lipinski definition) is 4. The summed E-state index contributed by atoms with van der Waals surface area (Å²) in [6.45, 7) is 1.23. The summed E-state index contributed by atoms with van der Waals surface area (Å²) in [7, 11) is 0. The number of carbonyl (C=O) groups excluding carboxylic acids is 1. The van der Waals surface area contributed by atoms with Crippen molar-refractivity contribution in [2.24, 2.45) is 0 Å². The molecule has 1 unspecified atom stereocenters. The number of carbonyl (C=O) groups is 1. The Morgan fingerprint density at radius 1 is 1.18 bits per heavy atom. The normalized spacial score (nSPS) is 15.9. The Bertz CT molecular complexity index is 634. The third-order valence-corrected chi connectivity index (χ3v) is 3.23. The molecule has 114 valence electrons. The van der Waals surface area contributed by atoms with Gasteiger partial charge in [-0.2, -0.15) is 0 Å². The Kier molecular flexibility index (Phi) is 4.38. The standard InChI is InChI=1S/C16H17N3O3/c20-16(18-9-12-4-3-7-17-8-12)19-10-13-11-21-14-5-1-2-6-15(14)22-13/h1-8,13H,9-11H2,(H2,18,19,20). The van der Waals surface area contributed by atoms with Crippen molar-refractivity contribution in [2.45, 2.75) is 12.6 Å². The highest BCUT2D eigenvalue weighted by Crippen LogP contribution is 2.30. The molecule has 0 radical (unpaired) electrons. The molecular formula is C16H17N3O3. The van der Waals surface area contributed by atoms with Crippen LogP contribution in [0, 0.1) is 0 Å². The molecule has 1 aromatic heterocycles. The number of ether oxygens (including phenoxy) is 2. The van der Waals surface area contributed by atoms with E-state index in [1.54, 1.807) is 12.4 Å². The molecule has 0 saturated carbocycles. The van der Waals surface area contributed by atoms with E-state index in [0.717, 1.165) is 11.3 Å². The third kappa shape index (κ3) is 3.66. The number of pyridine rings is 1. The number of rotatable bonds is 4. The lowest BCUT2D eigenvalue weighted by molar-refractivity contribution is 0.0918. The molecule has 1 aliphatic rings. The van der Waals surface area contributed by atoms with Crippen LogP contribution in [-0.2, 0) is 6.54 Å². The van der Waals surface area contributed by atoms with Crippen LogP contribution in [0.15, 0.2) is 48.8 Å². The van der Waals surface area contributed by atoms with Crippen LogP contribution in [0.5, 0.6) is 11.5 Å². The van der Waals surface area contributed by atoms with Crippen LogP contribution in [0.1, 0.15) is 5.56 Å². The van der Waals surface area contributed by atoms with E-state index in [-0.39, 0.29) is 12.1 Å². The van der Waals surface area contributed by atoms with E-state index in [4.69, 9.17) is 9.47 Å². The van der Waals surface area contributed by atoms with Gasteiger partial charge < -0.3 is 20.1 Å². The number of aromatic nitrogens is 1. The van der Waals surface area contributed by atoms with Crippen LogP contribution in [-0.4, -0.2) is 30.3 Å². The Balaban J connectivity index is 1.42. The highest BCUT2D eigenvalue weighted by Gasteiger charge is 2.20. The molecule has 2 heterocycles. The predicted octanol–water partition coefficient (Wildman–Crippen LogP) is 1.72. The summed E-state index contributed by atoms with van der Waals surface area (Å²) in [5, 5.41) is 5.55. The number of nitrogens with zero attached hydrogens (tertiary/aromatic N) is 1. The van der Waals surface area contributed by atoms with Crippen molar-refractivity contribution in [3.05, 3.63) is 54.4 Å². The summed E-state index contributed by atoms with van der Waals surface area (Å²) < 4.78 is 11.4. The Hall–Kier alpha value is -2.76. The van der Waals surface area contributed by atoms with Gasteiger partial charge in [0.2, 0.25) is 0 Å². The molecule has 2 aromatic rings. The molecule has 0 saturated heterocycles. The average Bonchev–Trinajstić information content (AvgIpc) is 2.59. The summed E-state index contributed by atoms with van der Waals surface area (Å²) in [6.07, 6.45) is 3.22. The highest BCUT2D eigenvalue weighted by molar-refractivity contribution is 5.73. The molecule has 6 heteroatoms. The Morgan fingerprint density at radius 2 is 2.05 bits per heavy atom. The fraction of sp³-hybridized carbons (Fsp3) is 0.250. The van der Waals surface area contributed by atoms with Crippen LogP contribution in [0.3, 0.4) is 0 Å². The van der Waals surface area contributed by atoms with Crippen LogP contribution >= 0.6 is 0 Å². The average molecular weight is 299 g/mol. The van der Waals surface area contributed by atoms with Crippen molar-refractivity contribution in [2.75, 3.05) is 13.2 Å². The van der Waals surface area contributed by atoms with Gasteiger partial charge in [-0.1, -0.05) is 18.2 Å². The number of nitrogens with one attached hydrogen (secondary N) is 2. The van der Waals surface area contributed by atoms with Crippen LogP contribution in [0.25, 0.3) is 0 Å². The molecule has 2 amide bonds. The minimum atomic E-state index is -0.244. The first-order chi connectivity index (χ1) is 10.8. The maximum atomic E-state index is 11.8. The molecule has 0 bridgehead atoms. The number of hydrogen-bond donors (Lipinski definition) is 2. The lowest BCUT2D eigenvalue weighted by Gasteiger charge is -2.26. The van der Waals surface area contributed by atoms with Crippen molar-refractivity contribution < 1.29 is 14.3 Å². The zero-order valence-corrected chi connectivity index (χ0v) is 12.0. The highest BCUT2D eigenvalue weighted by atomic mass is 16.6. The summed E-state index contributed by atoms with van der Waals surface area (Å²) in [6, 6.07) is 11.0. The van der Waals surface area contributed by atoms with E-state index < -0.39 is 0 Å². The molecule has 1 atom stereocenters. The van der Waals surface area contributed by atoms with Gasteiger partial charge in [-0.25, -0.2) is 4.79 Å². The fourth-order valence-corrected chi connectivity index (χ4v) is 2.12. The van der Waals surface area contributed by atoms with E-state index in [2.05, 4.69) is 15.6 Å². The minimum Gasteiger partial charge on any atom is -0.486 e. The van der Waals surface area contributed by atoms with Gasteiger partial charge in [0.15, 0.2) is 17.6 Å². The van der Waals surface area contributed by atoms with E-state index in [1.807, 2.05) is 36.4 Å². The number of fused-ring (bicyclic) bond motifs is 1. The third-order valence-electron chi connectivity index (χ3n) is 3.23. The van der Waals surface area contributed by atoms with Gasteiger partial charge >= 0.3 is 6.03 Å². The zero-order chi connectivity index (χ0) is 15.2. The predicted molar refractivity (Wildman–Crippen MR) is 80.8 cm³/mol. The number of benzene rings is 1. The largest absolute Gasteiger partial charge is 0.486 e. The molecule has 6 nitrogen and oxygen atoms in total. The van der Waals surface area contributed by atoms with E-state index in [9.17, 15) is 4.79 Å². The Labute approximate surface area is 128 Å². The van der Waals surface area contributed by atoms with E-state index >= 15 is 0 Å². The second-order valence-corrected chi connectivity index (χ2v) is 4.92. The summed E-state index contributed by atoms with van der Waals surface area (Å²) in [5.41, 5.74) is 0.948. The van der Waals surface area contributed by atoms with Gasteiger partial charge in [0.25, 0.3) is 0 Å². The molecule has 3 rings (SSSR count). The lowest BCUT2D eigenvalue weighted by atomic mass is 10.2. The monoisotopic (exact) mass is 299 g/mol. The SMILES string of the molecule is O=C(NCc1cccnc1)NCC1COc2ccccc2O1. The zero-order valence-electron chi connectivity index (χ0n) is 12.0. The van der Waals surface area contributed by atoms with E-state index in [1.165, 1.54) is 0 Å². The van der Waals surface area contributed by atoms with Crippen LogP contribution < -0.4 is 20.1 Å². The molecule has 1 aliphatic heterocycles. The second-order valence-electron chi connectivity index (χ2n) is 4.92. The second kappa shape index (κ2) is 6.80. The quantitative estimate of drug-likeness (QED) is 0.901. The van der Waals surface area contributed by atoms with E-state index in [0.29, 0.717) is 25.4 Å². The summed E-state index contributed by atoms with van der Waals surface area (Å²) in [4.78, 5) is 15.8. The van der Waals surface area contributed by atoms with Gasteiger partial charge in [-0.3, -0.25) is 4.98 Å².